The van der Waals surface area contributed by atoms with Crippen LogP contribution in [0.1, 0.15) is 24.1 Å². The van der Waals surface area contributed by atoms with Crippen LogP contribution >= 0.6 is 0 Å². The lowest BCUT2D eigenvalue weighted by Crippen LogP contribution is -2.37. The fourth-order valence-electron chi connectivity index (χ4n) is 2.37. The van der Waals surface area contributed by atoms with E-state index in [9.17, 15) is 18.0 Å². The number of ether oxygens (including phenoxy) is 1. The number of halogens is 3. The summed E-state index contributed by atoms with van der Waals surface area (Å²) in [7, 11) is 0. The lowest BCUT2D eigenvalue weighted by atomic mass is 9.95. The van der Waals surface area contributed by atoms with Crippen LogP contribution in [0.15, 0.2) is 54.6 Å². The molecule has 0 heterocycles. The number of carbonyl (C=O) groups excluding carboxylic acids is 1. The van der Waals surface area contributed by atoms with E-state index in [1.54, 1.807) is 6.92 Å². The van der Waals surface area contributed by atoms with Gasteiger partial charge in [0.05, 0.1) is 18.0 Å². The molecule has 0 aromatic heterocycles. The Kier molecular flexibility index (Phi) is 6.63. The van der Waals surface area contributed by atoms with Crippen LogP contribution < -0.4 is 15.8 Å². The summed E-state index contributed by atoms with van der Waals surface area (Å²) in [5.41, 5.74) is 6.24. The van der Waals surface area contributed by atoms with Crippen molar-refractivity contribution >= 4 is 5.91 Å². The van der Waals surface area contributed by atoms with Crippen molar-refractivity contribution in [3.05, 3.63) is 65.7 Å². The van der Waals surface area contributed by atoms with Crippen LogP contribution in [0, 0.1) is 5.92 Å². The summed E-state index contributed by atoms with van der Waals surface area (Å²) in [6.07, 6.45) is -4.37. The minimum Gasteiger partial charge on any atom is -0.492 e. The topological polar surface area (TPSA) is 64.3 Å². The van der Waals surface area contributed by atoms with Crippen LogP contribution in [0.25, 0.3) is 0 Å². The van der Waals surface area contributed by atoms with Crippen LogP contribution in [0.2, 0.25) is 0 Å². The van der Waals surface area contributed by atoms with Gasteiger partial charge in [0, 0.05) is 6.04 Å². The van der Waals surface area contributed by atoms with Crippen LogP contribution in [0.5, 0.6) is 5.75 Å². The van der Waals surface area contributed by atoms with Gasteiger partial charge in [0.25, 0.3) is 0 Å². The molecule has 0 aliphatic carbocycles. The van der Waals surface area contributed by atoms with Crippen molar-refractivity contribution in [2.24, 2.45) is 11.7 Å². The molecule has 0 bridgehead atoms. The molecule has 2 aromatic carbocycles. The summed E-state index contributed by atoms with van der Waals surface area (Å²) in [6.45, 7) is 2.11. The van der Waals surface area contributed by atoms with Gasteiger partial charge in [0.2, 0.25) is 5.91 Å². The molecule has 2 rings (SSSR count). The second kappa shape index (κ2) is 8.71. The summed E-state index contributed by atoms with van der Waals surface area (Å²) < 4.78 is 42.8. The van der Waals surface area contributed by atoms with Crippen LogP contribution in [0.3, 0.4) is 0 Å². The molecule has 4 nitrogen and oxygen atoms in total. The molecule has 3 N–H and O–H groups in total. The lowest BCUT2D eigenvalue weighted by molar-refractivity contribution is -0.137. The summed E-state index contributed by atoms with van der Waals surface area (Å²) in [6, 6.07) is 13.3. The number of carbonyl (C=O) groups is 1. The van der Waals surface area contributed by atoms with E-state index < -0.39 is 23.7 Å². The Bertz CT molecular complexity index is 703. The van der Waals surface area contributed by atoms with Gasteiger partial charge in [-0.15, -0.1) is 0 Å². The first-order chi connectivity index (χ1) is 12.3. The maximum atomic E-state index is 12.5. The highest BCUT2D eigenvalue weighted by atomic mass is 19.4. The molecule has 140 valence electrons. The Hall–Kier alpha value is -2.54. The number of nitrogens with two attached hydrogens (primary N) is 1. The molecule has 2 unspecified atom stereocenters. The summed E-state index contributed by atoms with van der Waals surface area (Å²) in [5, 5.41) is 2.72. The second-order valence-electron chi connectivity index (χ2n) is 5.89. The molecule has 2 aromatic rings. The average Bonchev–Trinajstić information content (AvgIpc) is 2.64. The number of alkyl halides is 3. The molecule has 0 spiro atoms. The maximum absolute atomic E-state index is 12.5. The predicted octanol–water partition coefficient (Wildman–Crippen LogP) is 3.54. The van der Waals surface area contributed by atoms with Gasteiger partial charge in [-0.25, -0.2) is 0 Å². The van der Waals surface area contributed by atoms with Crippen molar-refractivity contribution < 1.29 is 22.7 Å². The number of rotatable bonds is 7. The van der Waals surface area contributed by atoms with Gasteiger partial charge >= 0.3 is 6.18 Å². The largest absolute Gasteiger partial charge is 0.492 e. The van der Waals surface area contributed by atoms with E-state index in [1.165, 1.54) is 12.1 Å². The molecule has 2 atom stereocenters. The monoisotopic (exact) mass is 366 g/mol. The zero-order valence-electron chi connectivity index (χ0n) is 14.3. The van der Waals surface area contributed by atoms with E-state index in [1.807, 2.05) is 30.3 Å². The van der Waals surface area contributed by atoms with Crippen molar-refractivity contribution in [3.8, 4) is 5.75 Å². The van der Waals surface area contributed by atoms with E-state index in [2.05, 4.69) is 5.32 Å². The van der Waals surface area contributed by atoms with Crippen molar-refractivity contribution in [3.63, 3.8) is 0 Å². The Morgan fingerprint density at radius 1 is 1.12 bits per heavy atom. The fraction of sp³-hybridized carbons (Fsp3) is 0.316. The number of nitrogens with one attached hydrogen (secondary N) is 1. The molecule has 0 aliphatic heterocycles. The smallest absolute Gasteiger partial charge is 0.416 e. The van der Waals surface area contributed by atoms with E-state index in [0.29, 0.717) is 5.75 Å². The van der Waals surface area contributed by atoms with Crippen LogP contribution in [-0.4, -0.2) is 19.1 Å². The third-order valence-corrected chi connectivity index (χ3v) is 3.99. The lowest BCUT2D eigenvalue weighted by Gasteiger charge is -2.20. The van der Waals surface area contributed by atoms with Crippen molar-refractivity contribution in [2.75, 3.05) is 13.2 Å². The first-order valence-corrected chi connectivity index (χ1v) is 8.17. The second-order valence-corrected chi connectivity index (χ2v) is 5.89. The molecule has 7 heteroatoms. The molecular formula is C19H21F3N2O2. The number of benzene rings is 2. The Morgan fingerprint density at radius 2 is 1.73 bits per heavy atom. The third-order valence-electron chi connectivity index (χ3n) is 3.99. The van der Waals surface area contributed by atoms with E-state index in [4.69, 9.17) is 10.5 Å². The molecule has 1 amide bonds. The van der Waals surface area contributed by atoms with Gasteiger partial charge in [-0.2, -0.15) is 13.2 Å². The third kappa shape index (κ3) is 5.49. The van der Waals surface area contributed by atoms with Crippen molar-refractivity contribution in [1.82, 2.24) is 5.32 Å². The predicted molar refractivity (Wildman–Crippen MR) is 92.5 cm³/mol. The molecule has 0 radical (unpaired) electrons. The van der Waals surface area contributed by atoms with Gasteiger partial charge in [0.15, 0.2) is 0 Å². The van der Waals surface area contributed by atoms with Crippen LogP contribution in [-0.2, 0) is 11.0 Å². The van der Waals surface area contributed by atoms with Gasteiger partial charge in [-0.05, 0) is 29.8 Å². The van der Waals surface area contributed by atoms with E-state index in [0.717, 1.165) is 17.7 Å². The highest BCUT2D eigenvalue weighted by Crippen LogP contribution is 2.30. The molecule has 0 saturated heterocycles. The zero-order chi connectivity index (χ0) is 19.2. The molecule has 26 heavy (non-hydrogen) atoms. The average molecular weight is 366 g/mol. The highest BCUT2D eigenvalue weighted by Gasteiger charge is 2.30. The SMILES string of the molecule is CC(C(=O)NCCOc1ccc(C(F)(F)F)cc1)C(N)c1ccccc1. The molecule has 0 fully saturated rings. The molecule has 0 aliphatic rings. The normalized spacial score (nSPS) is 13.7. The fourth-order valence-corrected chi connectivity index (χ4v) is 2.37. The number of amides is 1. The van der Waals surface area contributed by atoms with Gasteiger partial charge in [-0.1, -0.05) is 37.3 Å². The molecular weight excluding hydrogens is 345 g/mol. The quantitative estimate of drug-likeness (QED) is 0.737. The zero-order valence-corrected chi connectivity index (χ0v) is 14.3. The van der Waals surface area contributed by atoms with Gasteiger partial charge < -0.3 is 15.8 Å². The summed E-state index contributed by atoms with van der Waals surface area (Å²) in [5.74, 6) is -0.331. The van der Waals surface area contributed by atoms with Gasteiger partial charge in [-0.3, -0.25) is 4.79 Å². The van der Waals surface area contributed by atoms with E-state index >= 15 is 0 Å². The molecule has 0 saturated carbocycles. The Balaban J connectivity index is 1.76. The van der Waals surface area contributed by atoms with E-state index in [-0.39, 0.29) is 19.1 Å². The maximum Gasteiger partial charge on any atom is 0.416 e. The first-order valence-electron chi connectivity index (χ1n) is 8.17. The van der Waals surface area contributed by atoms with Crippen molar-refractivity contribution in [1.29, 1.82) is 0 Å². The van der Waals surface area contributed by atoms with Gasteiger partial charge in [0.1, 0.15) is 12.4 Å². The standard InChI is InChI=1S/C19H21F3N2O2/c1-13(17(23)14-5-3-2-4-6-14)18(25)24-11-12-26-16-9-7-15(8-10-16)19(20,21)22/h2-10,13,17H,11-12,23H2,1H3,(H,24,25). The summed E-state index contributed by atoms with van der Waals surface area (Å²) >= 11 is 0. The number of hydrogen-bond acceptors (Lipinski definition) is 3. The number of hydrogen-bond donors (Lipinski definition) is 2. The van der Waals surface area contributed by atoms with Crippen LogP contribution in [0.4, 0.5) is 13.2 Å². The summed E-state index contributed by atoms with van der Waals surface area (Å²) in [4.78, 5) is 12.2. The van der Waals surface area contributed by atoms with Crippen molar-refractivity contribution in [2.45, 2.75) is 19.1 Å². The first kappa shape index (κ1) is 19.8. The Labute approximate surface area is 150 Å². The Morgan fingerprint density at radius 3 is 2.31 bits per heavy atom. The highest BCUT2D eigenvalue weighted by molar-refractivity contribution is 5.79. The minimum atomic E-state index is -4.37. The minimum absolute atomic E-state index is 0.143.